The van der Waals surface area contributed by atoms with Crippen LogP contribution in [0.25, 0.3) is 5.69 Å². The lowest BCUT2D eigenvalue weighted by Crippen LogP contribution is -2.42. The summed E-state index contributed by atoms with van der Waals surface area (Å²) in [4.78, 5) is 41.0. The first-order valence-corrected chi connectivity index (χ1v) is 11.1. The summed E-state index contributed by atoms with van der Waals surface area (Å²) in [5, 5.41) is 2.82. The number of amides is 2. The molecule has 0 radical (unpaired) electrons. The molecule has 1 aliphatic heterocycles. The first-order valence-electron chi connectivity index (χ1n) is 10.7. The summed E-state index contributed by atoms with van der Waals surface area (Å²) < 4.78 is 16.4. The molecule has 2 heterocycles. The molecule has 0 atom stereocenters. The molecule has 0 unspecified atom stereocenters. The number of hydrogen-bond donors (Lipinski definition) is 1. The van der Waals surface area contributed by atoms with E-state index < -0.39 is 5.82 Å². The molecule has 0 bridgehead atoms. The number of halogens is 2. The van der Waals surface area contributed by atoms with Crippen molar-refractivity contribution in [1.29, 1.82) is 0 Å². The van der Waals surface area contributed by atoms with Crippen LogP contribution in [0.5, 0.6) is 0 Å². The van der Waals surface area contributed by atoms with Gasteiger partial charge in [0.1, 0.15) is 11.5 Å². The molecule has 0 saturated heterocycles. The van der Waals surface area contributed by atoms with Crippen LogP contribution in [0.1, 0.15) is 35.6 Å². The molecule has 1 N–H and O–H groups in total. The number of imidazole rings is 1. The Morgan fingerprint density at radius 2 is 1.85 bits per heavy atom. The van der Waals surface area contributed by atoms with E-state index in [1.807, 2.05) is 19.9 Å². The minimum atomic E-state index is -0.544. The van der Waals surface area contributed by atoms with Gasteiger partial charge in [-0.05, 0) is 43.7 Å². The number of nitrogens with zero attached hydrogens (tertiary/aromatic N) is 3. The van der Waals surface area contributed by atoms with Crippen molar-refractivity contribution in [3.8, 4) is 5.69 Å². The first-order chi connectivity index (χ1) is 15.8. The highest BCUT2D eigenvalue weighted by atomic mass is 35.5. The number of benzene rings is 2. The fourth-order valence-electron chi connectivity index (χ4n) is 3.99. The number of hydrogen-bond acceptors (Lipinski definition) is 3. The van der Waals surface area contributed by atoms with Crippen LogP contribution in [-0.4, -0.2) is 38.4 Å². The Kier molecular flexibility index (Phi) is 6.37. The van der Waals surface area contributed by atoms with E-state index in [2.05, 4.69) is 5.32 Å². The largest absolute Gasteiger partial charge is 0.349 e. The number of para-hydroxylation sites is 1. The van der Waals surface area contributed by atoms with Crippen LogP contribution >= 0.6 is 11.6 Å². The maximum atomic E-state index is 13.4. The van der Waals surface area contributed by atoms with Gasteiger partial charge in [-0.15, -0.1) is 0 Å². The third kappa shape index (κ3) is 4.57. The van der Waals surface area contributed by atoms with Crippen LogP contribution in [0.3, 0.4) is 0 Å². The number of carbonyl (C=O) groups excluding carboxylic acids is 2. The highest BCUT2D eigenvalue weighted by Gasteiger charge is 2.31. The molecule has 0 spiro atoms. The van der Waals surface area contributed by atoms with E-state index >= 15 is 0 Å². The monoisotopic (exact) mass is 470 g/mol. The minimum Gasteiger partial charge on any atom is -0.349 e. The summed E-state index contributed by atoms with van der Waals surface area (Å²) in [6.45, 7) is 4.39. The molecule has 1 aliphatic rings. The van der Waals surface area contributed by atoms with Crippen molar-refractivity contribution in [3.63, 3.8) is 0 Å². The van der Waals surface area contributed by atoms with Gasteiger partial charge in [-0.1, -0.05) is 35.9 Å². The molecule has 0 fully saturated rings. The van der Waals surface area contributed by atoms with Gasteiger partial charge in [0.25, 0.3) is 5.91 Å². The van der Waals surface area contributed by atoms with Crippen LogP contribution in [0.4, 0.5) is 4.39 Å². The maximum absolute atomic E-state index is 13.4. The fourth-order valence-corrected chi connectivity index (χ4v) is 4.19. The van der Waals surface area contributed by atoms with Crippen molar-refractivity contribution in [1.82, 2.24) is 19.4 Å². The molecular formula is C24H24ClFN4O3. The molecule has 172 valence electrons. The van der Waals surface area contributed by atoms with Gasteiger partial charge >= 0.3 is 5.69 Å². The van der Waals surface area contributed by atoms with Crippen LogP contribution in [0.15, 0.2) is 53.3 Å². The summed E-state index contributed by atoms with van der Waals surface area (Å²) in [7, 11) is 0. The summed E-state index contributed by atoms with van der Waals surface area (Å²) in [6.07, 6.45) is 0.0388. The van der Waals surface area contributed by atoms with Gasteiger partial charge in [0.15, 0.2) is 0 Å². The Hall–Kier alpha value is -3.39. The molecule has 4 rings (SSSR count). The third-order valence-electron chi connectivity index (χ3n) is 5.52. The minimum absolute atomic E-state index is 0.0388. The molecule has 3 aromatic rings. The average Bonchev–Trinajstić information content (AvgIpc) is 3.08. The van der Waals surface area contributed by atoms with E-state index in [4.69, 9.17) is 11.6 Å². The van der Waals surface area contributed by atoms with E-state index in [-0.39, 0.29) is 53.8 Å². The zero-order chi connectivity index (χ0) is 23.7. The Bertz CT molecular complexity index is 1270. The predicted molar refractivity (Wildman–Crippen MR) is 123 cm³/mol. The summed E-state index contributed by atoms with van der Waals surface area (Å²) in [5.74, 6) is -1.11. The highest BCUT2D eigenvalue weighted by Crippen LogP contribution is 2.22. The molecule has 1 aromatic heterocycles. The van der Waals surface area contributed by atoms with Gasteiger partial charge in [0, 0.05) is 19.1 Å². The Morgan fingerprint density at radius 1 is 1.12 bits per heavy atom. The number of nitrogens with one attached hydrogen (secondary N) is 1. The van der Waals surface area contributed by atoms with E-state index in [1.165, 1.54) is 22.8 Å². The van der Waals surface area contributed by atoms with Gasteiger partial charge in [0.05, 0.1) is 29.4 Å². The molecule has 33 heavy (non-hydrogen) atoms. The Labute approximate surface area is 195 Å². The van der Waals surface area contributed by atoms with Crippen LogP contribution < -0.4 is 11.0 Å². The van der Waals surface area contributed by atoms with Crippen molar-refractivity contribution in [3.05, 3.63) is 86.8 Å². The Morgan fingerprint density at radius 3 is 2.52 bits per heavy atom. The second kappa shape index (κ2) is 9.23. The number of carbonyl (C=O) groups is 2. The zero-order valence-electron chi connectivity index (χ0n) is 18.3. The molecule has 7 nitrogen and oxygen atoms in total. The van der Waals surface area contributed by atoms with E-state index in [1.54, 1.807) is 33.7 Å². The normalized spacial score (nSPS) is 13.2. The van der Waals surface area contributed by atoms with Crippen molar-refractivity contribution < 1.29 is 14.0 Å². The van der Waals surface area contributed by atoms with Crippen molar-refractivity contribution >= 4 is 23.4 Å². The number of rotatable bonds is 5. The highest BCUT2D eigenvalue weighted by molar-refractivity contribution is 6.30. The first kappa shape index (κ1) is 22.8. The lowest BCUT2D eigenvalue weighted by molar-refractivity contribution is -0.131. The lowest BCUT2D eigenvalue weighted by Gasteiger charge is -2.28. The van der Waals surface area contributed by atoms with Gasteiger partial charge in [-0.25, -0.2) is 9.18 Å². The summed E-state index contributed by atoms with van der Waals surface area (Å²) in [6, 6.07) is 13.0. The van der Waals surface area contributed by atoms with Crippen molar-refractivity contribution in [2.24, 2.45) is 0 Å². The van der Waals surface area contributed by atoms with E-state index in [0.29, 0.717) is 23.5 Å². The number of fused-ring (bicyclic) bond motifs is 1. The lowest BCUT2D eigenvalue weighted by atomic mass is 10.1. The van der Waals surface area contributed by atoms with Crippen LogP contribution in [-0.2, 0) is 24.3 Å². The Balaban J connectivity index is 1.69. The van der Waals surface area contributed by atoms with E-state index in [0.717, 1.165) is 0 Å². The third-order valence-corrected chi connectivity index (χ3v) is 5.81. The summed E-state index contributed by atoms with van der Waals surface area (Å²) in [5.41, 5.74) is 1.56. The van der Waals surface area contributed by atoms with Gasteiger partial charge in [0.2, 0.25) is 5.91 Å². The zero-order valence-corrected chi connectivity index (χ0v) is 19.1. The molecule has 2 amide bonds. The van der Waals surface area contributed by atoms with Gasteiger partial charge in [-0.3, -0.25) is 18.7 Å². The van der Waals surface area contributed by atoms with Gasteiger partial charge < -0.3 is 10.2 Å². The van der Waals surface area contributed by atoms with Crippen molar-refractivity contribution in [2.75, 3.05) is 6.54 Å². The topological polar surface area (TPSA) is 76.3 Å². The quantitative estimate of drug-likeness (QED) is 0.622. The molecular weight excluding hydrogens is 447 g/mol. The second-order valence-corrected chi connectivity index (χ2v) is 8.68. The second-order valence-electron chi connectivity index (χ2n) is 8.27. The molecule has 2 aromatic carbocycles. The van der Waals surface area contributed by atoms with Crippen molar-refractivity contribution in [2.45, 2.75) is 39.4 Å². The average molecular weight is 471 g/mol. The molecule has 0 aliphatic carbocycles. The smallest absolute Gasteiger partial charge is 0.333 e. The van der Waals surface area contributed by atoms with Gasteiger partial charge in [-0.2, -0.15) is 0 Å². The standard InChI is InChI=1S/C24H24ClFN4O3/c1-15(2)27-23(32)22-20-14-28(21(31)13-16-8-9-19(26)18(25)12-16)10-11-29(20)24(33)30(22)17-6-4-3-5-7-17/h3-9,12,15H,10-11,13-14H2,1-2H3,(H,27,32). The number of aromatic nitrogens is 2. The molecule has 0 saturated carbocycles. The predicted octanol–water partition coefficient (Wildman–Crippen LogP) is 3.15. The summed E-state index contributed by atoms with van der Waals surface area (Å²) >= 11 is 5.84. The molecule has 9 heteroatoms. The van der Waals surface area contributed by atoms with E-state index in [9.17, 15) is 18.8 Å². The fraction of sp³-hybridized carbons (Fsp3) is 0.292. The SMILES string of the molecule is CC(C)NC(=O)c1c2n(c(=O)n1-c1ccccc1)CCN(C(=O)Cc1ccc(F)c(Cl)c1)C2. The maximum Gasteiger partial charge on any atom is 0.333 e. The van der Waals surface area contributed by atoms with Crippen LogP contribution in [0, 0.1) is 5.82 Å². The van der Waals surface area contributed by atoms with Crippen LogP contribution in [0.2, 0.25) is 5.02 Å².